The van der Waals surface area contributed by atoms with Crippen molar-refractivity contribution in [2.24, 2.45) is 5.92 Å². The van der Waals surface area contributed by atoms with Gasteiger partial charge in [0.15, 0.2) is 0 Å². The van der Waals surface area contributed by atoms with E-state index in [1.54, 1.807) is 0 Å². The molecule has 0 unspecified atom stereocenters. The largest absolute Gasteiger partial charge is 0.380 e. The van der Waals surface area contributed by atoms with Crippen LogP contribution in [0.1, 0.15) is 34.1 Å². The van der Waals surface area contributed by atoms with Crippen molar-refractivity contribution in [3.8, 4) is 0 Å². The van der Waals surface area contributed by atoms with Crippen LogP contribution in [0.15, 0.2) is 0 Å². The monoisotopic (exact) mass is 230 g/mol. The lowest BCUT2D eigenvalue weighted by molar-refractivity contribution is 0.105. The Morgan fingerprint density at radius 3 is 2.38 bits per heavy atom. The zero-order valence-corrected chi connectivity index (χ0v) is 11.6. The van der Waals surface area contributed by atoms with Crippen LogP contribution in [0.4, 0.5) is 0 Å². The van der Waals surface area contributed by atoms with Crippen LogP contribution in [0.2, 0.25) is 0 Å². The van der Waals surface area contributed by atoms with E-state index in [4.69, 9.17) is 4.74 Å². The van der Waals surface area contributed by atoms with Gasteiger partial charge in [-0.05, 0) is 38.5 Å². The predicted molar refractivity (Wildman–Crippen MR) is 70.9 cm³/mol. The van der Waals surface area contributed by atoms with Crippen LogP contribution in [-0.4, -0.2) is 50.8 Å². The third-order valence-corrected chi connectivity index (χ3v) is 2.64. The maximum absolute atomic E-state index is 5.59. The summed E-state index contributed by atoms with van der Waals surface area (Å²) in [6, 6.07) is 0. The predicted octanol–water partition coefficient (Wildman–Crippen LogP) is 1.98. The Bertz CT molecular complexity index is 136. The number of ether oxygens (including phenoxy) is 1. The Kier molecular flexibility index (Phi) is 11.3. The number of hydrogen-bond donors (Lipinski definition) is 1. The highest BCUT2D eigenvalue weighted by Gasteiger charge is 1.98. The van der Waals surface area contributed by atoms with E-state index in [-0.39, 0.29) is 0 Å². The van der Waals surface area contributed by atoms with Gasteiger partial charge in [0.05, 0.1) is 6.61 Å². The molecule has 0 radical (unpaired) electrons. The molecule has 0 aliphatic carbocycles. The topological polar surface area (TPSA) is 24.5 Å². The average Bonchev–Trinajstić information content (AvgIpc) is 2.27. The maximum atomic E-state index is 5.59. The molecule has 0 fully saturated rings. The van der Waals surface area contributed by atoms with Crippen molar-refractivity contribution in [2.45, 2.75) is 34.1 Å². The molecule has 98 valence electrons. The Labute approximate surface area is 102 Å². The number of nitrogens with zero attached hydrogens (tertiary/aromatic N) is 1. The number of likely N-dealkylation sites (N-methyl/N-ethyl adjacent to an activating group) is 1. The third kappa shape index (κ3) is 10.4. The first-order valence-corrected chi connectivity index (χ1v) is 6.71. The SMILES string of the molecule is CCN(CC)CCOCCCNCC(C)C. The summed E-state index contributed by atoms with van der Waals surface area (Å²) in [6.07, 6.45) is 1.12. The number of hydrogen-bond acceptors (Lipinski definition) is 3. The zero-order chi connectivity index (χ0) is 12.2. The summed E-state index contributed by atoms with van der Waals surface area (Å²) >= 11 is 0. The summed E-state index contributed by atoms with van der Waals surface area (Å²) in [5.41, 5.74) is 0. The van der Waals surface area contributed by atoms with Gasteiger partial charge in [-0.1, -0.05) is 27.7 Å². The van der Waals surface area contributed by atoms with Gasteiger partial charge in [0.25, 0.3) is 0 Å². The van der Waals surface area contributed by atoms with Crippen molar-refractivity contribution < 1.29 is 4.74 Å². The second kappa shape index (κ2) is 11.4. The lowest BCUT2D eigenvalue weighted by atomic mass is 10.2. The lowest BCUT2D eigenvalue weighted by Gasteiger charge is -2.17. The molecule has 0 aromatic rings. The average molecular weight is 230 g/mol. The van der Waals surface area contributed by atoms with Crippen LogP contribution in [0.5, 0.6) is 0 Å². The first kappa shape index (κ1) is 15.9. The van der Waals surface area contributed by atoms with Crippen molar-refractivity contribution in [2.75, 3.05) is 45.9 Å². The van der Waals surface area contributed by atoms with Crippen LogP contribution in [0.25, 0.3) is 0 Å². The molecule has 3 heteroatoms. The molecule has 0 saturated heterocycles. The quantitative estimate of drug-likeness (QED) is 0.549. The minimum atomic E-state index is 0.739. The summed E-state index contributed by atoms with van der Waals surface area (Å²) in [5.74, 6) is 0.739. The fraction of sp³-hybridized carbons (Fsp3) is 1.00. The molecule has 0 aliphatic rings. The van der Waals surface area contributed by atoms with Gasteiger partial charge in [0.2, 0.25) is 0 Å². The summed E-state index contributed by atoms with van der Waals surface area (Å²) < 4.78 is 5.59. The van der Waals surface area contributed by atoms with Crippen molar-refractivity contribution in [1.29, 1.82) is 0 Å². The van der Waals surface area contributed by atoms with Gasteiger partial charge in [0, 0.05) is 13.2 Å². The van der Waals surface area contributed by atoms with E-state index in [2.05, 4.69) is 37.9 Å². The highest BCUT2D eigenvalue weighted by atomic mass is 16.5. The lowest BCUT2D eigenvalue weighted by Crippen LogP contribution is -2.27. The molecule has 0 rings (SSSR count). The molecular formula is C13H30N2O. The summed E-state index contributed by atoms with van der Waals surface area (Å²) in [7, 11) is 0. The fourth-order valence-corrected chi connectivity index (χ4v) is 1.53. The smallest absolute Gasteiger partial charge is 0.0593 e. The highest BCUT2D eigenvalue weighted by molar-refractivity contribution is 4.52. The summed E-state index contributed by atoms with van der Waals surface area (Å²) in [5, 5.41) is 3.42. The molecule has 3 nitrogen and oxygen atoms in total. The molecular weight excluding hydrogens is 200 g/mol. The van der Waals surface area contributed by atoms with Gasteiger partial charge >= 0.3 is 0 Å². The van der Waals surface area contributed by atoms with Crippen LogP contribution in [0, 0.1) is 5.92 Å². The van der Waals surface area contributed by atoms with Gasteiger partial charge in [-0.2, -0.15) is 0 Å². The molecule has 16 heavy (non-hydrogen) atoms. The first-order chi connectivity index (χ1) is 7.70. The summed E-state index contributed by atoms with van der Waals surface area (Å²) in [4.78, 5) is 2.39. The van der Waals surface area contributed by atoms with Crippen molar-refractivity contribution in [3.05, 3.63) is 0 Å². The van der Waals surface area contributed by atoms with Gasteiger partial charge in [-0.3, -0.25) is 0 Å². The van der Waals surface area contributed by atoms with E-state index in [1.165, 1.54) is 0 Å². The molecule has 0 amide bonds. The van der Waals surface area contributed by atoms with E-state index in [1.807, 2.05) is 0 Å². The fourth-order valence-electron chi connectivity index (χ4n) is 1.53. The van der Waals surface area contributed by atoms with E-state index in [0.29, 0.717) is 0 Å². The molecule has 0 spiro atoms. The Morgan fingerprint density at radius 2 is 1.81 bits per heavy atom. The van der Waals surface area contributed by atoms with Gasteiger partial charge in [-0.15, -0.1) is 0 Å². The van der Waals surface area contributed by atoms with Gasteiger partial charge in [-0.25, -0.2) is 0 Å². The Morgan fingerprint density at radius 1 is 1.12 bits per heavy atom. The third-order valence-electron chi connectivity index (χ3n) is 2.64. The van der Waals surface area contributed by atoms with Crippen molar-refractivity contribution in [1.82, 2.24) is 10.2 Å². The van der Waals surface area contributed by atoms with E-state index in [9.17, 15) is 0 Å². The van der Waals surface area contributed by atoms with Gasteiger partial charge in [0.1, 0.15) is 0 Å². The molecule has 0 saturated carbocycles. The first-order valence-electron chi connectivity index (χ1n) is 6.71. The minimum absolute atomic E-state index is 0.739. The number of rotatable bonds is 11. The van der Waals surface area contributed by atoms with Gasteiger partial charge < -0.3 is 15.0 Å². The molecule has 1 N–H and O–H groups in total. The maximum Gasteiger partial charge on any atom is 0.0593 e. The second-order valence-electron chi connectivity index (χ2n) is 4.59. The van der Waals surface area contributed by atoms with Crippen LogP contribution >= 0.6 is 0 Å². The normalized spacial score (nSPS) is 11.6. The van der Waals surface area contributed by atoms with Crippen LogP contribution in [0.3, 0.4) is 0 Å². The molecule has 0 heterocycles. The number of nitrogens with one attached hydrogen (secondary N) is 1. The van der Waals surface area contributed by atoms with Crippen molar-refractivity contribution in [3.63, 3.8) is 0 Å². The molecule has 0 aromatic carbocycles. The van der Waals surface area contributed by atoms with E-state index in [0.717, 1.165) is 58.3 Å². The van der Waals surface area contributed by atoms with E-state index >= 15 is 0 Å². The molecule has 0 aliphatic heterocycles. The van der Waals surface area contributed by atoms with Crippen molar-refractivity contribution >= 4 is 0 Å². The highest BCUT2D eigenvalue weighted by Crippen LogP contribution is 1.89. The summed E-state index contributed by atoms with van der Waals surface area (Å²) in [6.45, 7) is 16.1. The van der Waals surface area contributed by atoms with Crippen LogP contribution in [-0.2, 0) is 4.74 Å². The second-order valence-corrected chi connectivity index (χ2v) is 4.59. The Balaban J connectivity index is 3.09. The molecule has 0 atom stereocenters. The standard InChI is InChI=1S/C13H30N2O/c1-5-15(6-2)9-11-16-10-7-8-14-12-13(3)4/h13-14H,5-12H2,1-4H3. The van der Waals surface area contributed by atoms with E-state index < -0.39 is 0 Å². The zero-order valence-electron chi connectivity index (χ0n) is 11.6. The minimum Gasteiger partial charge on any atom is -0.380 e. The Hall–Kier alpha value is -0.120. The van der Waals surface area contributed by atoms with Crippen LogP contribution < -0.4 is 5.32 Å². The molecule has 0 aromatic heterocycles. The molecule has 0 bridgehead atoms.